The van der Waals surface area contributed by atoms with Crippen molar-refractivity contribution in [1.82, 2.24) is 5.32 Å². The zero-order chi connectivity index (χ0) is 13.0. The molecule has 0 saturated carbocycles. The Morgan fingerprint density at radius 3 is 2.06 bits per heavy atom. The van der Waals surface area contributed by atoms with E-state index < -0.39 is 0 Å². The number of rotatable bonds is 11. The van der Waals surface area contributed by atoms with Crippen molar-refractivity contribution in [1.29, 1.82) is 0 Å². The van der Waals surface area contributed by atoms with Crippen LogP contribution in [-0.2, 0) is 0 Å². The molecule has 0 aromatic heterocycles. The summed E-state index contributed by atoms with van der Waals surface area (Å²) in [5.41, 5.74) is 0.165. The fraction of sp³-hybridized carbons (Fsp3) is 0.875. The number of nitrogens with one attached hydrogen (secondary N) is 1. The molecule has 1 nitrogen and oxygen atoms in total. The van der Waals surface area contributed by atoms with Gasteiger partial charge in [0.1, 0.15) is 0 Å². The molecule has 0 saturated heterocycles. The van der Waals surface area contributed by atoms with Crippen molar-refractivity contribution in [3.8, 4) is 0 Å². The van der Waals surface area contributed by atoms with Crippen LogP contribution in [0.4, 0.5) is 0 Å². The largest absolute Gasteiger partial charge is 0.308 e. The van der Waals surface area contributed by atoms with Crippen LogP contribution in [0.2, 0.25) is 0 Å². The molecule has 0 heterocycles. The molecule has 0 spiro atoms. The number of allylic oxidation sites excluding steroid dienone is 1. The molecule has 0 aromatic rings. The molecule has 0 amide bonds. The van der Waals surface area contributed by atoms with Crippen molar-refractivity contribution < 1.29 is 0 Å². The van der Waals surface area contributed by atoms with Gasteiger partial charge in [0.25, 0.3) is 0 Å². The molecule has 0 aliphatic heterocycles. The molecule has 17 heavy (non-hydrogen) atoms. The maximum atomic E-state index is 3.61. The second kappa shape index (κ2) is 10.8. The molecule has 0 aromatic carbocycles. The first-order valence-corrected chi connectivity index (χ1v) is 7.55. The first-order valence-electron chi connectivity index (χ1n) is 7.55. The molecule has 1 heteroatoms. The van der Waals surface area contributed by atoms with Crippen molar-refractivity contribution in [2.75, 3.05) is 6.54 Å². The topological polar surface area (TPSA) is 12.0 Å². The van der Waals surface area contributed by atoms with E-state index in [9.17, 15) is 0 Å². The molecule has 102 valence electrons. The third-order valence-electron chi connectivity index (χ3n) is 3.13. The summed E-state index contributed by atoms with van der Waals surface area (Å²) in [6.07, 6.45) is 15.4. The van der Waals surface area contributed by atoms with Gasteiger partial charge in [-0.15, -0.1) is 0 Å². The van der Waals surface area contributed by atoms with Gasteiger partial charge in [-0.1, -0.05) is 64.5 Å². The molecular weight excluding hydrogens is 206 g/mol. The predicted molar refractivity (Wildman–Crippen MR) is 79.5 cm³/mol. The van der Waals surface area contributed by atoms with Crippen molar-refractivity contribution in [3.05, 3.63) is 12.2 Å². The van der Waals surface area contributed by atoms with E-state index in [1.54, 1.807) is 0 Å². The van der Waals surface area contributed by atoms with Crippen LogP contribution in [0.1, 0.15) is 79.1 Å². The van der Waals surface area contributed by atoms with Gasteiger partial charge >= 0.3 is 0 Å². The summed E-state index contributed by atoms with van der Waals surface area (Å²) < 4.78 is 0. The van der Waals surface area contributed by atoms with Crippen LogP contribution in [0.15, 0.2) is 12.2 Å². The lowest BCUT2D eigenvalue weighted by Gasteiger charge is -2.22. The number of unbranched alkanes of at least 4 members (excludes halogenated alkanes) is 6. The highest BCUT2D eigenvalue weighted by Gasteiger charge is 2.10. The minimum absolute atomic E-state index is 0.165. The number of hydrogen-bond acceptors (Lipinski definition) is 1. The Morgan fingerprint density at radius 2 is 1.47 bits per heavy atom. The zero-order valence-corrected chi connectivity index (χ0v) is 12.5. The van der Waals surface area contributed by atoms with E-state index in [-0.39, 0.29) is 5.54 Å². The van der Waals surface area contributed by atoms with Crippen LogP contribution in [-0.4, -0.2) is 12.1 Å². The highest BCUT2D eigenvalue weighted by Crippen LogP contribution is 2.08. The van der Waals surface area contributed by atoms with Gasteiger partial charge in [-0.25, -0.2) is 0 Å². The van der Waals surface area contributed by atoms with Gasteiger partial charge in [-0.2, -0.15) is 0 Å². The van der Waals surface area contributed by atoms with E-state index in [0.29, 0.717) is 0 Å². The summed E-state index contributed by atoms with van der Waals surface area (Å²) in [6.45, 7) is 10.1. The Hall–Kier alpha value is -0.300. The van der Waals surface area contributed by atoms with E-state index in [2.05, 4.69) is 45.2 Å². The second-order valence-corrected chi connectivity index (χ2v) is 5.58. The Bertz CT molecular complexity index is 182. The molecule has 0 aliphatic carbocycles. The Balaban J connectivity index is 3.35. The monoisotopic (exact) mass is 239 g/mol. The first kappa shape index (κ1) is 16.7. The van der Waals surface area contributed by atoms with Crippen molar-refractivity contribution >= 4 is 0 Å². The summed E-state index contributed by atoms with van der Waals surface area (Å²) in [5, 5.41) is 3.61. The van der Waals surface area contributed by atoms with E-state index >= 15 is 0 Å². The van der Waals surface area contributed by atoms with Crippen molar-refractivity contribution in [3.63, 3.8) is 0 Å². The first-order chi connectivity index (χ1) is 8.12. The molecule has 0 fully saturated rings. The van der Waals surface area contributed by atoms with E-state index in [1.807, 2.05) is 0 Å². The SMILES string of the molecule is CC/C=C/C(C)(C)NCCCCCCCCC. The van der Waals surface area contributed by atoms with Crippen LogP contribution < -0.4 is 5.32 Å². The average molecular weight is 239 g/mol. The van der Waals surface area contributed by atoms with Crippen LogP contribution in [0, 0.1) is 0 Å². The van der Waals surface area contributed by atoms with Crippen LogP contribution in [0.3, 0.4) is 0 Å². The normalized spacial score (nSPS) is 12.5. The van der Waals surface area contributed by atoms with Gasteiger partial charge in [0.2, 0.25) is 0 Å². The quantitative estimate of drug-likeness (QED) is 0.392. The molecule has 0 atom stereocenters. The van der Waals surface area contributed by atoms with Gasteiger partial charge < -0.3 is 5.32 Å². The fourth-order valence-corrected chi connectivity index (χ4v) is 1.96. The van der Waals surface area contributed by atoms with Crippen LogP contribution in [0.25, 0.3) is 0 Å². The van der Waals surface area contributed by atoms with Gasteiger partial charge in [0.05, 0.1) is 0 Å². The number of hydrogen-bond donors (Lipinski definition) is 1. The van der Waals surface area contributed by atoms with E-state index in [4.69, 9.17) is 0 Å². The molecular formula is C16H33N. The summed E-state index contributed by atoms with van der Waals surface area (Å²) in [7, 11) is 0. The summed E-state index contributed by atoms with van der Waals surface area (Å²) >= 11 is 0. The molecule has 0 aliphatic rings. The molecule has 0 bridgehead atoms. The lowest BCUT2D eigenvalue weighted by Crippen LogP contribution is -2.37. The van der Waals surface area contributed by atoms with E-state index in [0.717, 1.165) is 13.0 Å². The smallest absolute Gasteiger partial charge is 0.0307 e. The Labute approximate surface area is 109 Å². The van der Waals surface area contributed by atoms with Gasteiger partial charge in [0, 0.05) is 5.54 Å². The minimum atomic E-state index is 0.165. The molecule has 0 unspecified atom stereocenters. The molecule has 1 N–H and O–H groups in total. The predicted octanol–water partition coefficient (Wildman–Crippen LogP) is 5.07. The minimum Gasteiger partial charge on any atom is -0.308 e. The average Bonchev–Trinajstić information content (AvgIpc) is 2.30. The lowest BCUT2D eigenvalue weighted by molar-refractivity contribution is 0.456. The highest BCUT2D eigenvalue weighted by molar-refractivity contribution is 5.00. The summed E-state index contributed by atoms with van der Waals surface area (Å²) in [4.78, 5) is 0. The Morgan fingerprint density at radius 1 is 0.882 bits per heavy atom. The zero-order valence-electron chi connectivity index (χ0n) is 12.5. The summed E-state index contributed by atoms with van der Waals surface area (Å²) in [6, 6.07) is 0. The van der Waals surface area contributed by atoms with Crippen molar-refractivity contribution in [2.45, 2.75) is 84.6 Å². The molecule has 0 radical (unpaired) electrons. The molecule has 0 rings (SSSR count). The Kier molecular flexibility index (Phi) is 10.6. The standard InChI is InChI=1S/C16H33N/c1-5-7-9-10-11-12-13-15-17-16(3,4)14-8-6-2/h8,14,17H,5-7,9-13,15H2,1-4H3/b14-8+. The van der Waals surface area contributed by atoms with Gasteiger partial charge in [-0.05, 0) is 33.2 Å². The van der Waals surface area contributed by atoms with Gasteiger partial charge in [-0.3, -0.25) is 0 Å². The maximum Gasteiger partial charge on any atom is 0.0307 e. The van der Waals surface area contributed by atoms with E-state index in [1.165, 1.54) is 44.9 Å². The maximum absolute atomic E-state index is 3.61. The third-order valence-corrected chi connectivity index (χ3v) is 3.13. The van der Waals surface area contributed by atoms with Gasteiger partial charge in [0.15, 0.2) is 0 Å². The summed E-state index contributed by atoms with van der Waals surface area (Å²) in [5.74, 6) is 0. The third kappa shape index (κ3) is 12.0. The second-order valence-electron chi connectivity index (χ2n) is 5.58. The van der Waals surface area contributed by atoms with Crippen molar-refractivity contribution in [2.24, 2.45) is 0 Å². The highest BCUT2D eigenvalue weighted by atomic mass is 14.9. The van der Waals surface area contributed by atoms with Crippen LogP contribution in [0.5, 0.6) is 0 Å². The van der Waals surface area contributed by atoms with Crippen LogP contribution >= 0.6 is 0 Å². The fourth-order valence-electron chi connectivity index (χ4n) is 1.96. The lowest BCUT2D eigenvalue weighted by atomic mass is 10.0.